The minimum atomic E-state index is -0.991. The molecule has 15 heavy (non-hydrogen) atoms. The van der Waals surface area contributed by atoms with E-state index in [4.69, 9.17) is 5.11 Å². The monoisotopic (exact) mass is 208 g/mol. The summed E-state index contributed by atoms with van der Waals surface area (Å²) in [7, 11) is 1.95. The molecule has 4 heteroatoms. The Morgan fingerprint density at radius 1 is 1.60 bits per heavy atom. The molecule has 4 nitrogen and oxygen atoms in total. The van der Waals surface area contributed by atoms with Gasteiger partial charge >= 0.3 is 5.97 Å². The van der Waals surface area contributed by atoms with Crippen molar-refractivity contribution in [3.05, 3.63) is 24.0 Å². The van der Waals surface area contributed by atoms with Crippen LogP contribution in [0, 0.1) is 5.92 Å². The summed E-state index contributed by atoms with van der Waals surface area (Å²) in [5.41, 5.74) is 0.971. The molecule has 0 spiro atoms. The zero-order valence-corrected chi connectivity index (χ0v) is 9.27. The fraction of sp³-hybridized carbons (Fsp3) is 0.455. The van der Waals surface area contributed by atoms with Crippen molar-refractivity contribution in [3.8, 4) is 0 Å². The third-order valence-corrected chi connectivity index (χ3v) is 2.04. The lowest BCUT2D eigenvalue weighted by Crippen LogP contribution is -2.22. The maximum absolute atomic E-state index is 10.7. The van der Waals surface area contributed by atoms with Crippen molar-refractivity contribution in [1.82, 2.24) is 4.98 Å². The maximum atomic E-state index is 10.7. The summed E-state index contributed by atoms with van der Waals surface area (Å²) < 4.78 is 0. The maximum Gasteiger partial charge on any atom is 0.354 e. The first-order valence-electron chi connectivity index (χ1n) is 4.91. The minimum absolute atomic E-state index is 0.0862. The molecule has 0 radical (unpaired) electrons. The number of carbonyl (C=O) groups is 1. The second-order valence-electron chi connectivity index (χ2n) is 3.98. The van der Waals surface area contributed by atoms with Gasteiger partial charge in [-0.25, -0.2) is 9.78 Å². The summed E-state index contributed by atoms with van der Waals surface area (Å²) in [4.78, 5) is 16.5. The second-order valence-corrected chi connectivity index (χ2v) is 3.98. The Bertz CT molecular complexity index is 350. The lowest BCUT2D eigenvalue weighted by Gasteiger charge is -2.21. The van der Waals surface area contributed by atoms with E-state index in [2.05, 4.69) is 18.8 Å². The van der Waals surface area contributed by atoms with Crippen LogP contribution in [-0.4, -0.2) is 29.7 Å². The van der Waals surface area contributed by atoms with Gasteiger partial charge < -0.3 is 10.0 Å². The Morgan fingerprint density at radius 3 is 2.80 bits per heavy atom. The zero-order chi connectivity index (χ0) is 11.4. The number of hydrogen-bond donors (Lipinski definition) is 1. The average molecular weight is 208 g/mol. The molecule has 0 atom stereocenters. The molecular weight excluding hydrogens is 192 g/mol. The summed E-state index contributed by atoms with van der Waals surface area (Å²) in [5, 5.41) is 8.79. The average Bonchev–Trinajstić information content (AvgIpc) is 2.17. The van der Waals surface area contributed by atoms with Crippen molar-refractivity contribution in [1.29, 1.82) is 0 Å². The van der Waals surface area contributed by atoms with E-state index in [0.29, 0.717) is 5.92 Å². The van der Waals surface area contributed by atoms with Gasteiger partial charge in [-0.15, -0.1) is 0 Å². The van der Waals surface area contributed by atoms with Crippen molar-refractivity contribution in [2.75, 3.05) is 18.5 Å². The molecule has 0 aromatic carbocycles. The highest BCUT2D eigenvalue weighted by Crippen LogP contribution is 2.14. The van der Waals surface area contributed by atoms with E-state index < -0.39 is 5.97 Å². The third-order valence-electron chi connectivity index (χ3n) is 2.04. The normalized spacial score (nSPS) is 10.4. The Labute approximate surface area is 89.6 Å². The number of hydrogen-bond acceptors (Lipinski definition) is 3. The molecule has 0 aliphatic carbocycles. The van der Waals surface area contributed by atoms with Gasteiger partial charge in [0.1, 0.15) is 5.69 Å². The summed E-state index contributed by atoms with van der Waals surface area (Å²) >= 11 is 0. The third kappa shape index (κ3) is 3.23. The van der Waals surface area contributed by atoms with E-state index in [-0.39, 0.29) is 5.69 Å². The fourth-order valence-electron chi connectivity index (χ4n) is 1.43. The highest BCUT2D eigenvalue weighted by molar-refractivity contribution is 5.86. The van der Waals surface area contributed by atoms with Crippen LogP contribution in [0.4, 0.5) is 5.69 Å². The molecule has 0 fully saturated rings. The molecule has 0 saturated carbocycles. The largest absolute Gasteiger partial charge is 0.477 e. The number of aromatic carboxylic acids is 1. The van der Waals surface area contributed by atoms with Gasteiger partial charge in [0.05, 0.1) is 0 Å². The SMILES string of the molecule is CC(C)CN(C)c1ccnc(C(=O)O)c1. The first-order chi connectivity index (χ1) is 7.00. The van der Waals surface area contributed by atoms with Crippen molar-refractivity contribution in [3.63, 3.8) is 0 Å². The molecule has 1 rings (SSSR count). The minimum Gasteiger partial charge on any atom is -0.477 e. The summed E-state index contributed by atoms with van der Waals surface area (Å²) in [6.45, 7) is 5.13. The van der Waals surface area contributed by atoms with Crippen LogP contribution in [0.3, 0.4) is 0 Å². The number of carboxylic acids is 1. The van der Waals surface area contributed by atoms with E-state index in [1.165, 1.54) is 6.20 Å². The van der Waals surface area contributed by atoms with E-state index in [1.54, 1.807) is 6.07 Å². The quantitative estimate of drug-likeness (QED) is 0.820. The van der Waals surface area contributed by atoms with Crippen LogP contribution in [0.2, 0.25) is 0 Å². The van der Waals surface area contributed by atoms with Crippen molar-refractivity contribution in [2.45, 2.75) is 13.8 Å². The van der Waals surface area contributed by atoms with Gasteiger partial charge in [0.25, 0.3) is 0 Å². The molecule has 0 amide bonds. The molecule has 1 N–H and O–H groups in total. The lowest BCUT2D eigenvalue weighted by atomic mass is 10.2. The highest BCUT2D eigenvalue weighted by atomic mass is 16.4. The topological polar surface area (TPSA) is 53.4 Å². The highest BCUT2D eigenvalue weighted by Gasteiger charge is 2.08. The first kappa shape index (κ1) is 11.5. The van der Waals surface area contributed by atoms with Crippen LogP contribution in [-0.2, 0) is 0 Å². The van der Waals surface area contributed by atoms with Gasteiger partial charge in [0.15, 0.2) is 0 Å². The smallest absolute Gasteiger partial charge is 0.354 e. The Kier molecular flexibility index (Phi) is 3.66. The molecule has 1 aromatic heterocycles. The van der Waals surface area contributed by atoms with Crippen molar-refractivity contribution < 1.29 is 9.90 Å². The van der Waals surface area contributed by atoms with Gasteiger partial charge in [0.2, 0.25) is 0 Å². The van der Waals surface area contributed by atoms with E-state index >= 15 is 0 Å². The molecule has 0 saturated heterocycles. The van der Waals surface area contributed by atoms with Gasteiger partial charge in [-0.05, 0) is 18.1 Å². The number of aromatic nitrogens is 1. The number of pyridine rings is 1. The fourth-order valence-corrected chi connectivity index (χ4v) is 1.43. The molecule has 1 aromatic rings. The second kappa shape index (κ2) is 4.77. The number of nitrogens with zero attached hydrogens (tertiary/aromatic N) is 2. The predicted octanol–water partition coefficient (Wildman–Crippen LogP) is 1.87. The molecule has 0 aliphatic rings. The van der Waals surface area contributed by atoms with Crippen LogP contribution in [0.5, 0.6) is 0 Å². The molecule has 82 valence electrons. The van der Waals surface area contributed by atoms with Crippen molar-refractivity contribution in [2.24, 2.45) is 5.92 Å². The van der Waals surface area contributed by atoms with Gasteiger partial charge in [-0.2, -0.15) is 0 Å². The van der Waals surface area contributed by atoms with E-state index in [9.17, 15) is 4.79 Å². The first-order valence-corrected chi connectivity index (χ1v) is 4.91. The van der Waals surface area contributed by atoms with Crippen molar-refractivity contribution >= 4 is 11.7 Å². The summed E-state index contributed by atoms with van der Waals surface area (Å²) in [6, 6.07) is 3.40. The lowest BCUT2D eigenvalue weighted by molar-refractivity contribution is 0.0690. The predicted molar refractivity (Wildman–Crippen MR) is 59.3 cm³/mol. The standard InChI is InChI=1S/C11H16N2O2/c1-8(2)7-13(3)9-4-5-12-10(6-9)11(14)15/h4-6,8H,7H2,1-3H3,(H,14,15). The molecule has 0 aliphatic heterocycles. The van der Waals surface area contributed by atoms with Crippen LogP contribution in [0.25, 0.3) is 0 Å². The molecule has 1 heterocycles. The molecule has 0 bridgehead atoms. The Balaban J connectivity index is 2.85. The number of carboxylic acid groups (broad SMARTS) is 1. The van der Waals surface area contributed by atoms with Gasteiger partial charge in [-0.3, -0.25) is 0 Å². The van der Waals surface area contributed by atoms with E-state index in [1.807, 2.05) is 18.0 Å². The Morgan fingerprint density at radius 2 is 2.27 bits per heavy atom. The van der Waals surface area contributed by atoms with E-state index in [0.717, 1.165) is 12.2 Å². The van der Waals surface area contributed by atoms with Gasteiger partial charge in [0, 0.05) is 25.5 Å². The van der Waals surface area contributed by atoms with Crippen LogP contribution < -0.4 is 4.90 Å². The molecule has 0 unspecified atom stereocenters. The van der Waals surface area contributed by atoms with Crippen LogP contribution in [0.1, 0.15) is 24.3 Å². The number of anilines is 1. The zero-order valence-electron chi connectivity index (χ0n) is 9.27. The van der Waals surface area contributed by atoms with Crippen LogP contribution in [0.15, 0.2) is 18.3 Å². The van der Waals surface area contributed by atoms with Gasteiger partial charge in [-0.1, -0.05) is 13.8 Å². The summed E-state index contributed by atoms with van der Waals surface area (Å²) in [5.74, 6) is -0.453. The Hall–Kier alpha value is -1.58. The molecular formula is C11H16N2O2. The number of rotatable bonds is 4. The summed E-state index contributed by atoms with van der Waals surface area (Å²) in [6.07, 6.45) is 1.52. The van der Waals surface area contributed by atoms with Crippen LogP contribution >= 0.6 is 0 Å².